The number of rotatable bonds is 1. The number of amides is 1. The Morgan fingerprint density at radius 2 is 1.95 bits per heavy atom. The SMILES string of the molecule is Cc1ccc2nc(C(C)(C)C)cc(C(=O)NN)c2c1. The van der Waals surface area contributed by atoms with Gasteiger partial charge < -0.3 is 0 Å². The number of nitrogens with zero attached hydrogens (tertiary/aromatic N) is 1. The molecule has 1 heterocycles. The highest BCUT2D eigenvalue weighted by atomic mass is 16.2. The maximum Gasteiger partial charge on any atom is 0.265 e. The molecular formula is C15H19N3O. The van der Waals surface area contributed by atoms with Crippen LogP contribution in [0.1, 0.15) is 42.4 Å². The van der Waals surface area contributed by atoms with Gasteiger partial charge in [0.15, 0.2) is 0 Å². The van der Waals surface area contributed by atoms with Crippen LogP contribution >= 0.6 is 0 Å². The number of carbonyl (C=O) groups is 1. The van der Waals surface area contributed by atoms with Crippen molar-refractivity contribution in [3.63, 3.8) is 0 Å². The van der Waals surface area contributed by atoms with Gasteiger partial charge in [0.1, 0.15) is 0 Å². The van der Waals surface area contributed by atoms with Crippen molar-refractivity contribution in [3.8, 4) is 0 Å². The van der Waals surface area contributed by atoms with E-state index in [-0.39, 0.29) is 11.3 Å². The number of carbonyl (C=O) groups excluding carboxylic acids is 1. The van der Waals surface area contributed by atoms with Gasteiger partial charge in [0.25, 0.3) is 5.91 Å². The number of hydrogen-bond donors (Lipinski definition) is 2. The Hall–Kier alpha value is -1.94. The predicted molar refractivity (Wildman–Crippen MR) is 76.8 cm³/mol. The second-order valence-electron chi connectivity index (χ2n) is 5.80. The van der Waals surface area contributed by atoms with Crippen molar-refractivity contribution < 1.29 is 4.79 Å². The van der Waals surface area contributed by atoms with Crippen LogP contribution < -0.4 is 11.3 Å². The summed E-state index contributed by atoms with van der Waals surface area (Å²) >= 11 is 0. The number of hydrazine groups is 1. The molecule has 1 amide bonds. The zero-order valence-electron chi connectivity index (χ0n) is 11.7. The van der Waals surface area contributed by atoms with Crippen LogP contribution in [0.3, 0.4) is 0 Å². The average Bonchev–Trinajstić information content (AvgIpc) is 2.35. The van der Waals surface area contributed by atoms with Gasteiger partial charge in [-0.25, -0.2) is 5.84 Å². The Morgan fingerprint density at radius 3 is 2.53 bits per heavy atom. The minimum Gasteiger partial charge on any atom is -0.290 e. The van der Waals surface area contributed by atoms with Crippen LogP contribution in [0.2, 0.25) is 0 Å². The van der Waals surface area contributed by atoms with Gasteiger partial charge in [-0.2, -0.15) is 0 Å². The minimum absolute atomic E-state index is 0.122. The summed E-state index contributed by atoms with van der Waals surface area (Å²) in [5.41, 5.74) is 5.43. The highest BCUT2D eigenvalue weighted by molar-refractivity contribution is 6.06. The summed E-state index contributed by atoms with van der Waals surface area (Å²) in [5, 5.41) is 0.830. The molecule has 100 valence electrons. The summed E-state index contributed by atoms with van der Waals surface area (Å²) in [6, 6.07) is 7.71. The van der Waals surface area contributed by atoms with Crippen molar-refractivity contribution in [1.29, 1.82) is 0 Å². The molecule has 3 N–H and O–H groups in total. The molecule has 0 atom stereocenters. The van der Waals surface area contributed by atoms with Crippen LogP contribution in [0.4, 0.5) is 0 Å². The third-order valence-corrected chi connectivity index (χ3v) is 3.11. The maximum atomic E-state index is 12.0. The number of nitrogens with one attached hydrogen (secondary N) is 1. The first-order chi connectivity index (χ1) is 8.82. The molecule has 0 unspecified atom stereocenters. The van der Waals surface area contributed by atoms with E-state index in [9.17, 15) is 4.79 Å². The lowest BCUT2D eigenvalue weighted by atomic mass is 9.89. The fourth-order valence-corrected chi connectivity index (χ4v) is 1.99. The molecule has 0 aliphatic carbocycles. The lowest BCUT2D eigenvalue weighted by molar-refractivity contribution is 0.0955. The Balaban J connectivity index is 2.80. The van der Waals surface area contributed by atoms with E-state index in [1.165, 1.54) is 0 Å². The molecule has 1 aromatic carbocycles. The third kappa shape index (κ3) is 2.58. The first-order valence-corrected chi connectivity index (χ1v) is 6.26. The highest BCUT2D eigenvalue weighted by Gasteiger charge is 2.20. The van der Waals surface area contributed by atoms with E-state index < -0.39 is 0 Å². The van der Waals surface area contributed by atoms with Crippen molar-refractivity contribution >= 4 is 16.8 Å². The smallest absolute Gasteiger partial charge is 0.265 e. The molecule has 0 bridgehead atoms. The Morgan fingerprint density at radius 1 is 1.26 bits per heavy atom. The normalized spacial score (nSPS) is 11.6. The number of aromatic nitrogens is 1. The fraction of sp³-hybridized carbons (Fsp3) is 0.333. The fourth-order valence-electron chi connectivity index (χ4n) is 1.99. The van der Waals surface area contributed by atoms with E-state index in [1.54, 1.807) is 0 Å². The summed E-state index contributed by atoms with van der Waals surface area (Å²) in [5.74, 6) is 4.98. The highest BCUT2D eigenvalue weighted by Crippen LogP contribution is 2.26. The zero-order chi connectivity index (χ0) is 14.2. The van der Waals surface area contributed by atoms with E-state index in [4.69, 9.17) is 5.84 Å². The molecule has 0 spiro atoms. The number of pyridine rings is 1. The van der Waals surface area contributed by atoms with Gasteiger partial charge in [-0.15, -0.1) is 0 Å². The second-order valence-corrected chi connectivity index (χ2v) is 5.80. The molecular weight excluding hydrogens is 238 g/mol. The Kier molecular flexibility index (Phi) is 3.28. The third-order valence-electron chi connectivity index (χ3n) is 3.11. The van der Waals surface area contributed by atoms with Crippen LogP contribution in [-0.2, 0) is 5.41 Å². The number of nitrogen functional groups attached to an aromatic ring is 1. The quantitative estimate of drug-likeness (QED) is 0.468. The predicted octanol–water partition coefficient (Wildman–Crippen LogP) is 2.44. The lowest BCUT2D eigenvalue weighted by Gasteiger charge is -2.19. The molecule has 0 radical (unpaired) electrons. The van der Waals surface area contributed by atoms with Gasteiger partial charge in [0, 0.05) is 16.5 Å². The summed E-state index contributed by atoms with van der Waals surface area (Å²) in [7, 11) is 0. The topological polar surface area (TPSA) is 68.0 Å². The van der Waals surface area contributed by atoms with E-state index in [1.807, 2.05) is 31.2 Å². The molecule has 0 fully saturated rings. The minimum atomic E-state index is -0.288. The van der Waals surface area contributed by atoms with E-state index in [0.717, 1.165) is 22.2 Å². The summed E-state index contributed by atoms with van der Waals surface area (Å²) in [4.78, 5) is 16.6. The van der Waals surface area contributed by atoms with Gasteiger partial charge in [-0.1, -0.05) is 32.4 Å². The zero-order valence-corrected chi connectivity index (χ0v) is 11.7. The lowest BCUT2D eigenvalue weighted by Crippen LogP contribution is -2.30. The number of fused-ring (bicyclic) bond motifs is 1. The van der Waals surface area contributed by atoms with Gasteiger partial charge in [-0.3, -0.25) is 15.2 Å². The van der Waals surface area contributed by atoms with E-state index >= 15 is 0 Å². The summed E-state index contributed by atoms with van der Waals surface area (Å²) < 4.78 is 0. The first kappa shape index (κ1) is 13.5. The van der Waals surface area contributed by atoms with Crippen molar-refractivity contribution in [2.75, 3.05) is 0 Å². The number of aryl methyl sites for hydroxylation is 1. The molecule has 4 nitrogen and oxygen atoms in total. The molecule has 2 rings (SSSR count). The van der Waals surface area contributed by atoms with Gasteiger partial charge >= 0.3 is 0 Å². The van der Waals surface area contributed by atoms with Crippen molar-refractivity contribution in [2.45, 2.75) is 33.1 Å². The standard InChI is InChI=1S/C15H19N3O/c1-9-5-6-12-10(7-9)11(14(19)18-16)8-13(17-12)15(2,3)4/h5-8H,16H2,1-4H3,(H,18,19). The number of benzene rings is 1. The summed E-state index contributed by atoms with van der Waals surface area (Å²) in [6.07, 6.45) is 0. The number of nitrogens with two attached hydrogens (primary N) is 1. The largest absolute Gasteiger partial charge is 0.290 e. The van der Waals surface area contributed by atoms with Gasteiger partial charge in [0.2, 0.25) is 0 Å². The monoisotopic (exact) mass is 257 g/mol. The molecule has 1 aromatic heterocycles. The van der Waals surface area contributed by atoms with E-state index in [0.29, 0.717) is 5.56 Å². The first-order valence-electron chi connectivity index (χ1n) is 6.26. The van der Waals surface area contributed by atoms with Crippen molar-refractivity contribution in [1.82, 2.24) is 10.4 Å². The molecule has 4 heteroatoms. The van der Waals surface area contributed by atoms with Crippen LogP contribution in [0.25, 0.3) is 10.9 Å². The van der Waals surface area contributed by atoms with Crippen LogP contribution in [0, 0.1) is 6.92 Å². The molecule has 19 heavy (non-hydrogen) atoms. The van der Waals surface area contributed by atoms with Gasteiger partial charge in [0.05, 0.1) is 11.1 Å². The van der Waals surface area contributed by atoms with Crippen LogP contribution in [-0.4, -0.2) is 10.9 Å². The summed E-state index contributed by atoms with van der Waals surface area (Å²) in [6.45, 7) is 8.19. The average molecular weight is 257 g/mol. The Labute approximate surface area is 113 Å². The molecule has 0 aliphatic rings. The maximum absolute atomic E-state index is 12.0. The van der Waals surface area contributed by atoms with Crippen molar-refractivity contribution in [3.05, 3.63) is 41.1 Å². The Bertz CT molecular complexity index is 642. The molecule has 0 aliphatic heterocycles. The van der Waals surface area contributed by atoms with Crippen molar-refractivity contribution in [2.24, 2.45) is 5.84 Å². The number of hydrogen-bond acceptors (Lipinski definition) is 3. The molecule has 0 saturated heterocycles. The van der Waals surface area contributed by atoms with Gasteiger partial charge in [-0.05, 0) is 25.1 Å². The molecule has 2 aromatic rings. The second kappa shape index (κ2) is 4.63. The molecule has 0 saturated carbocycles. The van der Waals surface area contributed by atoms with Crippen LogP contribution in [0.5, 0.6) is 0 Å². The van der Waals surface area contributed by atoms with Crippen LogP contribution in [0.15, 0.2) is 24.3 Å². The van der Waals surface area contributed by atoms with E-state index in [2.05, 4.69) is 31.2 Å².